The van der Waals surface area contributed by atoms with Crippen LogP contribution in [0.25, 0.3) is 0 Å². The quantitative estimate of drug-likeness (QED) is 0.472. The summed E-state index contributed by atoms with van der Waals surface area (Å²) in [5.41, 5.74) is 4.11. The lowest BCUT2D eigenvalue weighted by atomic mass is 9.84. The van der Waals surface area contributed by atoms with E-state index in [9.17, 15) is 9.59 Å². The lowest BCUT2D eigenvalue weighted by molar-refractivity contribution is 0.0953. The molecule has 0 unspecified atom stereocenters. The molecule has 35 heavy (non-hydrogen) atoms. The van der Waals surface area contributed by atoms with Crippen molar-refractivity contribution in [1.29, 1.82) is 5.41 Å². The van der Waals surface area contributed by atoms with Gasteiger partial charge in [0.15, 0.2) is 5.78 Å². The van der Waals surface area contributed by atoms with Gasteiger partial charge in [0, 0.05) is 36.8 Å². The summed E-state index contributed by atoms with van der Waals surface area (Å²) in [6.45, 7) is 10.3. The number of benzene rings is 2. The molecule has 2 aromatic carbocycles. The van der Waals surface area contributed by atoms with Gasteiger partial charge < -0.3 is 25.0 Å². The van der Waals surface area contributed by atoms with Crippen LogP contribution in [0.4, 0.5) is 5.69 Å². The number of Topliss-reactive ketones (excluding diaryl/α,β-unsaturated/α-hetero) is 1. The number of amidine groups is 1. The molecule has 0 fully saturated rings. The summed E-state index contributed by atoms with van der Waals surface area (Å²) >= 11 is 0. The van der Waals surface area contributed by atoms with Crippen LogP contribution in [0, 0.1) is 5.41 Å². The highest BCUT2D eigenvalue weighted by molar-refractivity contribution is 8.93. The van der Waals surface area contributed by atoms with Gasteiger partial charge in [-0.2, -0.15) is 0 Å². The van der Waals surface area contributed by atoms with Crippen LogP contribution in [0.2, 0.25) is 0 Å². The number of halogens is 1. The Morgan fingerprint density at radius 1 is 1.23 bits per heavy atom. The van der Waals surface area contributed by atoms with E-state index in [4.69, 9.17) is 14.9 Å². The monoisotopic (exact) mass is 544 g/mol. The Hall–Kier alpha value is -3.07. The normalized spacial score (nSPS) is 14.2. The number of rotatable bonds is 6. The summed E-state index contributed by atoms with van der Waals surface area (Å²) in [6, 6.07) is 7.25. The molecule has 4 rings (SSSR count). The van der Waals surface area contributed by atoms with Gasteiger partial charge in [0.2, 0.25) is 0 Å². The number of ketones is 1. The van der Waals surface area contributed by atoms with Crippen LogP contribution < -0.4 is 20.1 Å². The van der Waals surface area contributed by atoms with Crippen LogP contribution in [0.3, 0.4) is 0 Å². The summed E-state index contributed by atoms with van der Waals surface area (Å²) in [6.07, 6.45) is 0. The molecule has 0 spiro atoms. The van der Waals surface area contributed by atoms with Crippen LogP contribution in [0.1, 0.15) is 65.1 Å². The largest absolute Gasteiger partial charge is 0.493 e. The molecular weight excluding hydrogens is 512 g/mol. The number of carbonyl (C=O) groups excluding carboxylic acids is 2. The average Bonchev–Trinajstić information content (AvgIpc) is 3.10. The minimum atomic E-state index is -0.271. The van der Waals surface area contributed by atoms with Crippen molar-refractivity contribution in [2.75, 3.05) is 38.7 Å². The first-order valence-corrected chi connectivity index (χ1v) is 11.6. The second-order valence-corrected chi connectivity index (χ2v) is 9.57. The fraction of sp³-hybridized carbons (Fsp3) is 0.423. The maximum atomic E-state index is 13.4. The third-order valence-electron chi connectivity index (χ3n) is 6.13. The number of amides is 1. The number of carbonyl (C=O) groups is 2. The Morgan fingerprint density at radius 3 is 2.63 bits per heavy atom. The molecule has 0 saturated heterocycles. The van der Waals surface area contributed by atoms with E-state index in [0.717, 1.165) is 22.6 Å². The molecule has 8 nitrogen and oxygen atoms in total. The molecule has 0 aliphatic carbocycles. The van der Waals surface area contributed by atoms with Gasteiger partial charge in [0.25, 0.3) is 5.91 Å². The van der Waals surface area contributed by atoms with E-state index in [2.05, 4.69) is 31.4 Å². The van der Waals surface area contributed by atoms with Crippen LogP contribution in [-0.2, 0) is 12.0 Å². The first-order valence-electron chi connectivity index (χ1n) is 11.6. The van der Waals surface area contributed by atoms with Crippen LogP contribution >= 0.6 is 17.0 Å². The first-order chi connectivity index (χ1) is 16.1. The zero-order valence-electron chi connectivity index (χ0n) is 20.8. The fourth-order valence-electron chi connectivity index (χ4n) is 4.39. The van der Waals surface area contributed by atoms with E-state index in [1.807, 2.05) is 19.1 Å². The maximum absolute atomic E-state index is 13.4. The van der Waals surface area contributed by atoms with Gasteiger partial charge in [0.05, 0.1) is 24.4 Å². The molecule has 2 aliphatic heterocycles. The van der Waals surface area contributed by atoms with Crippen molar-refractivity contribution < 1.29 is 19.1 Å². The standard InChI is InChI=1S/C26H32N4O4.BrH/c1-6-33-22-11-16-13-30(24(27)17(16)12-18(22)25(32)28-5)14-21(31)15-9-19(26(2,3)4)23-20(10-15)29-7-8-34-23;/h9-12,27,29H,6-8,13-14H2,1-5H3,(H,28,32);1H. The third kappa shape index (κ3) is 5.15. The Kier molecular flexibility index (Phi) is 7.79. The zero-order valence-corrected chi connectivity index (χ0v) is 22.5. The van der Waals surface area contributed by atoms with Crippen LogP contribution in [0.5, 0.6) is 11.5 Å². The summed E-state index contributed by atoms with van der Waals surface area (Å²) in [4.78, 5) is 27.4. The van der Waals surface area contributed by atoms with Crippen LogP contribution in [0.15, 0.2) is 24.3 Å². The predicted octanol–water partition coefficient (Wildman–Crippen LogP) is 4.15. The van der Waals surface area contributed by atoms with E-state index < -0.39 is 0 Å². The molecule has 0 saturated carbocycles. The maximum Gasteiger partial charge on any atom is 0.254 e. The smallest absolute Gasteiger partial charge is 0.254 e. The SMILES string of the molecule is Br.CCOc1cc2c(cc1C(=O)NC)C(=N)N(CC(=O)c1cc3c(c(C(C)(C)C)c1)OCCN3)C2. The van der Waals surface area contributed by atoms with E-state index in [1.165, 1.54) is 0 Å². The van der Waals surface area contributed by atoms with Gasteiger partial charge in [-0.25, -0.2) is 0 Å². The zero-order chi connectivity index (χ0) is 24.6. The van der Waals surface area contributed by atoms with Gasteiger partial charge in [-0.1, -0.05) is 20.8 Å². The minimum absolute atomic E-state index is 0. The van der Waals surface area contributed by atoms with Gasteiger partial charge in [-0.05, 0) is 42.2 Å². The molecular formula is C26H33BrN4O4. The molecule has 0 aromatic heterocycles. The van der Waals surface area contributed by atoms with Crippen molar-refractivity contribution in [1.82, 2.24) is 10.2 Å². The van der Waals surface area contributed by atoms with E-state index in [1.54, 1.807) is 24.1 Å². The summed E-state index contributed by atoms with van der Waals surface area (Å²) < 4.78 is 11.6. The molecule has 0 atom stereocenters. The summed E-state index contributed by atoms with van der Waals surface area (Å²) in [7, 11) is 1.56. The number of hydrogen-bond acceptors (Lipinski definition) is 6. The number of ether oxygens (including phenoxy) is 2. The predicted molar refractivity (Wildman–Crippen MR) is 142 cm³/mol. The highest BCUT2D eigenvalue weighted by Gasteiger charge is 2.31. The number of hydrogen-bond donors (Lipinski definition) is 3. The second kappa shape index (κ2) is 10.3. The number of anilines is 1. The fourth-order valence-corrected chi connectivity index (χ4v) is 4.39. The Bertz CT molecular complexity index is 1170. The van der Waals surface area contributed by atoms with Crippen molar-refractivity contribution in [3.05, 3.63) is 52.1 Å². The van der Waals surface area contributed by atoms with Gasteiger partial charge >= 0.3 is 0 Å². The van der Waals surface area contributed by atoms with Crippen molar-refractivity contribution in [3.63, 3.8) is 0 Å². The molecule has 0 bridgehead atoms. The average molecular weight is 545 g/mol. The van der Waals surface area contributed by atoms with Crippen molar-refractivity contribution in [2.45, 2.75) is 39.7 Å². The topological polar surface area (TPSA) is 104 Å². The first kappa shape index (κ1) is 26.5. The number of nitrogens with one attached hydrogen (secondary N) is 3. The van der Waals surface area contributed by atoms with Gasteiger partial charge in [-0.15, -0.1) is 17.0 Å². The minimum Gasteiger partial charge on any atom is -0.493 e. The van der Waals surface area contributed by atoms with E-state index >= 15 is 0 Å². The summed E-state index contributed by atoms with van der Waals surface area (Å²) in [5, 5.41) is 14.6. The van der Waals surface area contributed by atoms with Crippen molar-refractivity contribution >= 4 is 40.2 Å². The summed E-state index contributed by atoms with van der Waals surface area (Å²) in [5.74, 6) is 1.17. The van der Waals surface area contributed by atoms with E-state index in [-0.39, 0.29) is 46.5 Å². The molecule has 188 valence electrons. The number of fused-ring (bicyclic) bond motifs is 2. The Balaban J connectivity index is 0.00000342. The third-order valence-corrected chi connectivity index (χ3v) is 6.13. The van der Waals surface area contributed by atoms with Crippen molar-refractivity contribution in [2.24, 2.45) is 0 Å². The molecule has 1 amide bonds. The van der Waals surface area contributed by atoms with Crippen LogP contribution in [-0.4, -0.2) is 55.8 Å². The molecule has 2 aliphatic rings. The lowest BCUT2D eigenvalue weighted by Gasteiger charge is -2.29. The molecule has 0 radical (unpaired) electrons. The molecule has 2 aromatic rings. The number of nitrogens with zero attached hydrogens (tertiary/aromatic N) is 1. The van der Waals surface area contributed by atoms with Gasteiger partial charge in [0.1, 0.15) is 23.9 Å². The van der Waals surface area contributed by atoms with Crippen molar-refractivity contribution in [3.8, 4) is 11.5 Å². The Morgan fingerprint density at radius 2 is 1.97 bits per heavy atom. The molecule has 2 heterocycles. The Labute approximate surface area is 216 Å². The van der Waals surface area contributed by atoms with E-state index in [0.29, 0.717) is 48.7 Å². The second-order valence-electron chi connectivity index (χ2n) is 9.57. The molecule has 9 heteroatoms. The van der Waals surface area contributed by atoms with Gasteiger partial charge in [-0.3, -0.25) is 15.0 Å². The lowest BCUT2D eigenvalue weighted by Crippen LogP contribution is -2.31. The highest BCUT2D eigenvalue weighted by Crippen LogP contribution is 2.40. The highest BCUT2D eigenvalue weighted by atomic mass is 79.9. The molecule has 3 N–H and O–H groups in total.